The largest absolute Gasteiger partial charge is 0.496 e. The van der Waals surface area contributed by atoms with Gasteiger partial charge in [0.25, 0.3) is 0 Å². The molecule has 0 fully saturated rings. The molecule has 0 aliphatic heterocycles. The minimum absolute atomic E-state index is 0.221. The Morgan fingerprint density at radius 2 is 2.12 bits per heavy atom. The van der Waals surface area contributed by atoms with Crippen LogP contribution in [0, 0.1) is 6.92 Å². The van der Waals surface area contributed by atoms with Crippen LogP contribution in [0.2, 0.25) is 0 Å². The normalized spacial score (nSPS) is 12.0. The quantitative estimate of drug-likeness (QED) is 0.779. The monoisotopic (exact) mass is 223 g/mol. The Morgan fingerprint density at radius 3 is 2.62 bits per heavy atom. The lowest BCUT2D eigenvalue weighted by molar-refractivity contribution is -0.142. The van der Waals surface area contributed by atoms with Gasteiger partial charge in [-0.3, -0.25) is 4.79 Å². The third-order valence-corrected chi connectivity index (χ3v) is 2.56. The highest BCUT2D eigenvalue weighted by atomic mass is 16.5. The topological polar surface area (TPSA) is 61.5 Å². The molecule has 0 saturated carbocycles. The number of hydrogen-bond donors (Lipinski definition) is 1. The van der Waals surface area contributed by atoms with E-state index in [2.05, 4.69) is 0 Å². The Hall–Kier alpha value is -1.55. The summed E-state index contributed by atoms with van der Waals surface area (Å²) in [6, 6.07) is 5.59. The molecule has 1 atom stereocenters. The molecule has 0 aromatic heterocycles. The van der Waals surface area contributed by atoms with Crippen LogP contribution in [-0.4, -0.2) is 26.7 Å². The number of hydrogen-bond acceptors (Lipinski definition) is 4. The molecule has 1 aromatic carbocycles. The zero-order valence-corrected chi connectivity index (χ0v) is 9.82. The van der Waals surface area contributed by atoms with Gasteiger partial charge in [0.05, 0.1) is 20.1 Å². The highest BCUT2D eigenvalue weighted by Crippen LogP contribution is 2.24. The Labute approximate surface area is 95.3 Å². The number of rotatable bonds is 4. The third-order valence-electron chi connectivity index (χ3n) is 2.56. The second-order valence-electron chi connectivity index (χ2n) is 3.54. The first kappa shape index (κ1) is 12.5. The first-order valence-electron chi connectivity index (χ1n) is 5.06. The number of esters is 1. The SMILES string of the molecule is COC(=O)C(CN)c1ccc(C)c(OC)c1. The molecule has 0 aliphatic rings. The summed E-state index contributed by atoms with van der Waals surface area (Å²) >= 11 is 0. The van der Waals surface area contributed by atoms with Crippen molar-refractivity contribution >= 4 is 5.97 Å². The number of benzene rings is 1. The summed E-state index contributed by atoms with van der Waals surface area (Å²) in [5, 5.41) is 0. The molecule has 0 heterocycles. The number of ether oxygens (including phenoxy) is 2. The van der Waals surface area contributed by atoms with E-state index >= 15 is 0 Å². The highest BCUT2D eigenvalue weighted by Gasteiger charge is 2.20. The summed E-state index contributed by atoms with van der Waals surface area (Å²) < 4.78 is 9.90. The summed E-state index contributed by atoms with van der Waals surface area (Å²) in [5.41, 5.74) is 7.41. The molecule has 0 amide bonds. The lowest BCUT2D eigenvalue weighted by Crippen LogP contribution is -2.22. The molecule has 16 heavy (non-hydrogen) atoms. The third kappa shape index (κ3) is 2.52. The molecule has 0 bridgehead atoms. The number of carbonyl (C=O) groups is 1. The fourth-order valence-corrected chi connectivity index (χ4v) is 1.56. The van der Waals surface area contributed by atoms with E-state index in [1.165, 1.54) is 7.11 Å². The van der Waals surface area contributed by atoms with E-state index in [0.717, 1.165) is 16.9 Å². The average molecular weight is 223 g/mol. The van der Waals surface area contributed by atoms with Crippen LogP contribution in [0.15, 0.2) is 18.2 Å². The van der Waals surface area contributed by atoms with E-state index in [9.17, 15) is 4.79 Å². The number of aryl methyl sites for hydroxylation is 1. The molecule has 4 nitrogen and oxygen atoms in total. The van der Waals surface area contributed by atoms with Gasteiger partial charge in [0.1, 0.15) is 5.75 Å². The van der Waals surface area contributed by atoms with Gasteiger partial charge in [0, 0.05) is 6.54 Å². The molecular formula is C12H17NO3. The van der Waals surface area contributed by atoms with Crippen LogP contribution < -0.4 is 10.5 Å². The second kappa shape index (κ2) is 5.51. The molecule has 88 valence electrons. The summed E-state index contributed by atoms with van der Waals surface area (Å²) in [5.74, 6) is -0.00670. The number of nitrogens with two attached hydrogens (primary N) is 1. The second-order valence-corrected chi connectivity index (χ2v) is 3.54. The summed E-state index contributed by atoms with van der Waals surface area (Å²) in [4.78, 5) is 11.5. The van der Waals surface area contributed by atoms with Gasteiger partial charge < -0.3 is 15.2 Å². The summed E-state index contributed by atoms with van der Waals surface area (Å²) in [6.45, 7) is 2.16. The average Bonchev–Trinajstić information content (AvgIpc) is 2.31. The van der Waals surface area contributed by atoms with Gasteiger partial charge in [-0.2, -0.15) is 0 Å². The highest BCUT2D eigenvalue weighted by molar-refractivity contribution is 5.78. The zero-order chi connectivity index (χ0) is 12.1. The van der Waals surface area contributed by atoms with Gasteiger partial charge in [0.15, 0.2) is 0 Å². The van der Waals surface area contributed by atoms with Crippen molar-refractivity contribution in [3.05, 3.63) is 29.3 Å². The minimum Gasteiger partial charge on any atom is -0.496 e. The van der Waals surface area contributed by atoms with Crippen molar-refractivity contribution in [1.82, 2.24) is 0 Å². The molecule has 1 rings (SSSR count). The molecule has 0 aliphatic carbocycles. The molecular weight excluding hydrogens is 206 g/mol. The van der Waals surface area contributed by atoms with Crippen LogP contribution in [-0.2, 0) is 9.53 Å². The van der Waals surface area contributed by atoms with Gasteiger partial charge in [-0.15, -0.1) is 0 Å². The van der Waals surface area contributed by atoms with Crippen molar-refractivity contribution in [2.24, 2.45) is 5.73 Å². The Bertz CT molecular complexity index is 377. The van der Waals surface area contributed by atoms with Crippen LogP contribution in [0.25, 0.3) is 0 Å². The molecule has 1 unspecified atom stereocenters. The van der Waals surface area contributed by atoms with Gasteiger partial charge in [0.2, 0.25) is 0 Å². The lowest BCUT2D eigenvalue weighted by atomic mass is 9.98. The van der Waals surface area contributed by atoms with Gasteiger partial charge in [-0.05, 0) is 24.1 Å². The fourth-order valence-electron chi connectivity index (χ4n) is 1.56. The van der Waals surface area contributed by atoms with E-state index in [1.54, 1.807) is 7.11 Å². The maximum atomic E-state index is 11.5. The van der Waals surface area contributed by atoms with E-state index in [0.29, 0.717) is 0 Å². The minimum atomic E-state index is -0.431. The van der Waals surface area contributed by atoms with Crippen LogP contribution in [0.1, 0.15) is 17.0 Å². The molecule has 0 saturated heterocycles. The lowest BCUT2D eigenvalue weighted by Gasteiger charge is -2.14. The van der Waals surface area contributed by atoms with Gasteiger partial charge in [-0.1, -0.05) is 12.1 Å². The first-order valence-corrected chi connectivity index (χ1v) is 5.06. The number of carbonyl (C=O) groups excluding carboxylic acids is 1. The van der Waals surface area contributed by atoms with Gasteiger partial charge in [-0.25, -0.2) is 0 Å². The van der Waals surface area contributed by atoms with E-state index in [-0.39, 0.29) is 12.5 Å². The van der Waals surface area contributed by atoms with Crippen molar-refractivity contribution in [2.75, 3.05) is 20.8 Å². The van der Waals surface area contributed by atoms with Crippen LogP contribution in [0.3, 0.4) is 0 Å². The molecule has 0 spiro atoms. The smallest absolute Gasteiger partial charge is 0.314 e. The molecule has 1 aromatic rings. The summed E-state index contributed by atoms with van der Waals surface area (Å²) in [6.07, 6.45) is 0. The summed E-state index contributed by atoms with van der Waals surface area (Å²) in [7, 11) is 2.96. The zero-order valence-electron chi connectivity index (χ0n) is 9.82. The standard InChI is InChI=1S/C12H17NO3/c1-8-4-5-9(6-11(8)15-2)10(7-13)12(14)16-3/h4-6,10H,7,13H2,1-3H3. The number of methoxy groups -OCH3 is 2. The van der Waals surface area contributed by atoms with Crippen molar-refractivity contribution in [3.63, 3.8) is 0 Å². The first-order chi connectivity index (χ1) is 7.63. The van der Waals surface area contributed by atoms with Crippen molar-refractivity contribution in [2.45, 2.75) is 12.8 Å². The van der Waals surface area contributed by atoms with E-state index in [1.807, 2.05) is 25.1 Å². The maximum absolute atomic E-state index is 11.5. The van der Waals surface area contributed by atoms with Crippen molar-refractivity contribution in [1.29, 1.82) is 0 Å². The predicted molar refractivity (Wildman–Crippen MR) is 61.5 cm³/mol. The van der Waals surface area contributed by atoms with E-state index in [4.69, 9.17) is 15.2 Å². The Kier molecular flexibility index (Phi) is 4.31. The van der Waals surface area contributed by atoms with E-state index < -0.39 is 5.92 Å². The van der Waals surface area contributed by atoms with Crippen molar-refractivity contribution < 1.29 is 14.3 Å². The maximum Gasteiger partial charge on any atom is 0.314 e. The fraction of sp³-hybridized carbons (Fsp3) is 0.417. The molecule has 2 N–H and O–H groups in total. The molecule has 4 heteroatoms. The molecule has 0 radical (unpaired) electrons. The van der Waals surface area contributed by atoms with Crippen molar-refractivity contribution in [3.8, 4) is 5.75 Å². The Morgan fingerprint density at radius 1 is 1.44 bits per heavy atom. The van der Waals surface area contributed by atoms with Crippen LogP contribution >= 0.6 is 0 Å². The predicted octanol–water partition coefficient (Wildman–Crippen LogP) is 1.22. The van der Waals surface area contributed by atoms with Crippen LogP contribution in [0.5, 0.6) is 5.75 Å². The van der Waals surface area contributed by atoms with Gasteiger partial charge >= 0.3 is 5.97 Å². The Balaban J connectivity index is 3.06. The van der Waals surface area contributed by atoms with Crippen LogP contribution in [0.4, 0.5) is 0 Å².